The predicted molar refractivity (Wildman–Crippen MR) is 96.3 cm³/mol. The van der Waals surface area contributed by atoms with E-state index < -0.39 is 0 Å². The van der Waals surface area contributed by atoms with Gasteiger partial charge in [-0.05, 0) is 42.3 Å². The smallest absolute Gasteiger partial charge is 0.333 e. The van der Waals surface area contributed by atoms with E-state index in [1.165, 1.54) is 0 Å². The highest BCUT2D eigenvalue weighted by Gasteiger charge is 2.06. The molecule has 3 rings (SSSR count). The maximum Gasteiger partial charge on any atom is 0.333 e. The summed E-state index contributed by atoms with van der Waals surface area (Å²) in [5, 5.41) is 3.77. The third-order valence-corrected chi connectivity index (χ3v) is 3.70. The van der Waals surface area contributed by atoms with Crippen molar-refractivity contribution >= 4 is 22.8 Å². The number of aromatic nitrogens is 2. The second-order valence-corrected chi connectivity index (χ2v) is 5.50. The number of nitrogens with one attached hydrogen (secondary N) is 3. The molecule has 2 amide bonds. The number of amides is 2. The molecule has 0 aliphatic carbocycles. The van der Waals surface area contributed by atoms with E-state index in [0.29, 0.717) is 12.4 Å². The Labute approximate surface area is 145 Å². The summed E-state index contributed by atoms with van der Waals surface area (Å²) in [6.07, 6.45) is 3.39. The molecule has 0 saturated carbocycles. The summed E-state index contributed by atoms with van der Waals surface area (Å²) in [5.74, 6) is 1.29. The van der Waals surface area contributed by atoms with Crippen molar-refractivity contribution in [3.05, 3.63) is 59.9 Å². The number of hydrogen-bond acceptors (Lipinski definition) is 5. The number of methoxy groups -OCH3 is 1. The van der Waals surface area contributed by atoms with Crippen molar-refractivity contribution < 1.29 is 9.53 Å². The van der Waals surface area contributed by atoms with E-state index in [0.717, 1.165) is 27.8 Å². The highest BCUT2D eigenvalue weighted by molar-refractivity contribution is 5.85. The molecule has 0 aliphatic rings. The molecule has 3 N–H and O–H groups in total. The van der Waals surface area contributed by atoms with Crippen LogP contribution in [0, 0.1) is 6.92 Å². The van der Waals surface area contributed by atoms with Crippen LogP contribution < -0.4 is 20.9 Å². The standard InChI is InChI=1S/C18H19N5O2/c1-12-8-17(21-16-9-14(25-2)5-6-15(12)16)22-23-18(24)20-11-13-4-3-7-19-10-13/h3-10H,11H2,1-2H3,(H,21,22)(H2,20,23,24). The van der Waals surface area contributed by atoms with Gasteiger partial charge in [0.2, 0.25) is 0 Å². The lowest BCUT2D eigenvalue weighted by Crippen LogP contribution is -2.38. The molecule has 7 heteroatoms. The SMILES string of the molecule is COc1ccc2c(C)cc(NNC(=O)NCc3cccnc3)nc2c1. The lowest BCUT2D eigenvalue weighted by Gasteiger charge is -2.11. The Morgan fingerprint density at radius 2 is 2.12 bits per heavy atom. The van der Waals surface area contributed by atoms with Crippen LogP contribution >= 0.6 is 0 Å². The van der Waals surface area contributed by atoms with Crippen LogP contribution in [0.3, 0.4) is 0 Å². The highest BCUT2D eigenvalue weighted by Crippen LogP contribution is 2.24. The number of urea groups is 1. The zero-order valence-electron chi connectivity index (χ0n) is 14.0. The Kier molecular flexibility index (Phi) is 4.94. The van der Waals surface area contributed by atoms with Crippen molar-refractivity contribution in [3.8, 4) is 5.75 Å². The summed E-state index contributed by atoms with van der Waals surface area (Å²) < 4.78 is 5.23. The Morgan fingerprint density at radius 3 is 2.88 bits per heavy atom. The van der Waals surface area contributed by atoms with Crippen LogP contribution in [-0.4, -0.2) is 23.1 Å². The molecule has 0 spiro atoms. The fourth-order valence-electron chi connectivity index (χ4n) is 2.42. The van der Waals surface area contributed by atoms with Gasteiger partial charge >= 0.3 is 6.03 Å². The van der Waals surface area contributed by atoms with Gasteiger partial charge in [-0.2, -0.15) is 0 Å². The fourth-order valence-corrected chi connectivity index (χ4v) is 2.42. The van der Waals surface area contributed by atoms with Gasteiger partial charge in [0.15, 0.2) is 0 Å². The Morgan fingerprint density at radius 1 is 1.24 bits per heavy atom. The zero-order chi connectivity index (χ0) is 17.6. The maximum atomic E-state index is 11.9. The predicted octanol–water partition coefficient (Wildman–Crippen LogP) is 2.77. The van der Waals surface area contributed by atoms with E-state index in [-0.39, 0.29) is 6.03 Å². The van der Waals surface area contributed by atoms with Crippen molar-refractivity contribution in [2.45, 2.75) is 13.5 Å². The van der Waals surface area contributed by atoms with Crippen molar-refractivity contribution in [1.29, 1.82) is 0 Å². The molecule has 0 atom stereocenters. The average molecular weight is 337 g/mol. The van der Waals surface area contributed by atoms with Crippen molar-refractivity contribution in [1.82, 2.24) is 20.7 Å². The molecule has 7 nitrogen and oxygen atoms in total. The number of benzene rings is 1. The molecule has 0 bridgehead atoms. The molecule has 0 unspecified atom stereocenters. The van der Waals surface area contributed by atoms with Crippen molar-refractivity contribution in [2.75, 3.05) is 12.5 Å². The number of fused-ring (bicyclic) bond motifs is 1. The number of ether oxygens (including phenoxy) is 1. The number of nitrogens with zero attached hydrogens (tertiary/aromatic N) is 2. The van der Waals surface area contributed by atoms with Gasteiger partial charge in [-0.1, -0.05) is 6.07 Å². The van der Waals surface area contributed by atoms with Gasteiger partial charge in [0.05, 0.1) is 12.6 Å². The first-order chi connectivity index (χ1) is 12.2. The first kappa shape index (κ1) is 16.5. The molecule has 2 aromatic heterocycles. The van der Waals surface area contributed by atoms with Crippen LogP contribution in [0.5, 0.6) is 5.75 Å². The summed E-state index contributed by atoms with van der Waals surface area (Å²) in [5.41, 5.74) is 8.16. The average Bonchev–Trinajstić information content (AvgIpc) is 2.65. The summed E-state index contributed by atoms with van der Waals surface area (Å²) in [7, 11) is 1.62. The quantitative estimate of drug-likeness (QED) is 0.623. The van der Waals surface area contributed by atoms with Crippen molar-refractivity contribution in [3.63, 3.8) is 0 Å². The second-order valence-electron chi connectivity index (χ2n) is 5.50. The van der Waals surface area contributed by atoms with Crippen molar-refractivity contribution in [2.24, 2.45) is 0 Å². The van der Waals surface area contributed by atoms with Crippen LogP contribution in [0.25, 0.3) is 10.9 Å². The van der Waals surface area contributed by atoms with E-state index in [1.54, 1.807) is 19.5 Å². The van der Waals surface area contributed by atoms with E-state index in [2.05, 4.69) is 26.1 Å². The number of aryl methyl sites for hydroxylation is 1. The summed E-state index contributed by atoms with van der Waals surface area (Å²) >= 11 is 0. The highest BCUT2D eigenvalue weighted by atomic mass is 16.5. The van der Waals surface area contributed by atoms with Gasteiger partial charge in [0.25, 0.3) is 0 Å². The first-order valence-corrected chi connectivity index (χ1v) is 7.80. The third kappa shape index (κ3) is 4.14. The van der Waals surface area contributed by atoms with Crippen LogP contribution in [0.15, 0.2) is 48.8 Å². The molecule has 0 radical (unpaired) electrons. The molecule has 0 aliphatic heterocycles. The first-order valence-electron chi connectivity index (χ1n) is 7.80. The molecular weight excluding hydrogens is 318 g/mol. The number of rotatable bonds is 5. The van der Waals surface area contributed by atoms with Gasteiger partial charge in [-0.3, -0.25) is 15.8 Å². The van der Waals surface area contributed by atoms with Crippen LogP contribution in [-0.2, 0) is 6.54 Å². The van der Waals surface area contributed by atoms with E-state index in [4.69, 9.17) is 4.74 Å². The maximum absolute atomic E-state index is 11.9. The molecular formula is C18H19N5O2. The third-order valence-electron chi connectivity index (χ3n) is 3.70. The fraction of sp³-hybridized carbons (Fsp3) is 0.167. The number of carbonyl (C=O) groups excluding carboxylic acids is 1. The molecule has 3 aromatic rings. The molecule has 0 fully saturated rings. The minimum Gasteiger partial charge on any atom is -0.497 e. The van der Waals surface area contributed by atoms with Gasteiger partial charge in [0, 0.05) is 30.4 Å². The largest absolute Gasteiger partial charge is 0.497 e. The van der Waals surface area contributed by atoms with Crippen LogP contribution in [0.1, 0.15) is 11.1 Å². The monoisotopic (exact) mass is 337 g/mol. The summed E-state index contributed by atoms with van der Waals surface area (Å²) in [6, 6.07) is 11.0. The topological polar surface area (TPSA) is 88.2 Å². The number of carbonyl (C=O) groups is 1. The van der Waals surface area contributed by atoms with E-state index in [9.17, 15) is 4.79 Å². The van der Waals surface area contributed by atoms with Crippen LogP contribution in [0.4, 0.5) is 10.6 Å². The van der Waals surface area contributed by atoms with Gasteiger partial charge in [-0.25, -0.2) is 9.78 Å². The number of anilines is 1. The molecule has 25 heavy (non-hydrogen) atoms. The molecule has 1 aromatic carbocycles. The molecule has 128 valence electrons. The molecule has 0 saturated heterocycles. The van der Waals surface area contributed by atoms with Gasteiger partial charge in [-0.15, -0.1) is 0 Å². The number of hydrogen-bond donors (Lipinski definition) is 3. The summed E-state index contributed by atoms with van der Waals surface area (Å²) in [6.45, 7) is 2.38. The summed E-state index contributed by atoms with van der Waals surface area (Å²) in [4.78, 5) is 20.4. The number of pyridine rings is 2. The van der Waals surface area contributed by atoms with Gasteiger partial charge < -0.3 is 10.1 Å². The normalized spacial score (nSPS) is 10.3. The van der Waals surface area contributed by atoms with E-state index in [1.807, 2.05) is 43.3 Å². The molecule has 2 heterocycles. The Bertz CT molecular complexity index is 883. The van der Waals surface area contributed by atoms with Gasteiger partial charge in [0.1, 0.15) is 11.6 Å². The lowest BCUT2D eigenvalue weighted by atomic mass is 10.1. The van der Waals surface area contributed by atoms with Crippen LogP contribution in [0.2, 0.25) is 0 Å². The number of hydrazine groups is 1. The zero-order valence-corrected chi connectivity index (χ0v) is 14.0. The minimum atomic E-state index is -0.353. The van der Waals surface area contributed by atoms with E-state index >= 15 is 0 Å². The minimum absolute atomic E-state index is 0.353. The Hall–Kier alpha value is -3.35. The lowest BCUT2D eigenvalue weighted by molar-refractivity contribution is 0.242. The second kappa shape index (κ2) is 7.48. The Balaban J connectivity index is 1.63.